The third-order valence-electron chi connectivity index (χ3n) is 5.24. The van der Waals surface area contributed by atoms with Crippen molar-refractivity contribution in [3.63, 3.8) is 0 Å². The van der Waals surface area contributed by atoms with E-state index in [1.165, 1.54) is 11.1 Å². The maximum Gasteiger partial charge on any atom is 0.290 e. The Labute approximate surface area is 178 Å². The van der Waals surface area contributed by atoms with Gasteiger partial charge in [0.1, 0.15) is 0 Å². The highest BCUT2D eigenvalue weighted by atomic mass is 16.3. The average molecular weight is 423 g/mol. The van der Waals surface area contributed by atoms with E-state index in [9.17, 15) is 4.79 Å². The van der Waals surface area contributed by atoms with Crippen LogP contribution in [-0.2, 0) is 27.3 Å². The molecule has 0 unspecified atom stereocenters. The number of hydrogen-bond acceptors (Lipinski definition) is 6. The van der Waals surface area contributed by atoms with E-state index in [4.69, 9.17) is 19.8 Å². The Hall–Kier alpha value is -2.49. The zero-order chi connectivity index (χ0) is 22.2. The van der Waals surface area contributed by atoms with E-state index in [1.807, 2.05) is 0 Å². The number of rotatable bonds is 6. The zero-order valence-corrected chi connectivity index (χ0v) is 17.7. The molecule has 2 aliphatic heterocycles. The standard InChI is InChI=1S/C19H30N4O.2CH2O2/c1-2-21-11-13-23(14-12-21)16-19(24)20-8-10-22-9-7-17-5-3-4-6-18(17)15-22;2*2-1-3/h3-6H,2,7-16H2,1H3,(H,20,24);2*1H,(H,2,3). The van der Waals surface area contributed by atoms with E-state index in [2.05, 4.69) is 51.2 Å². The van der Waals surface area contributed by atoms with Gasteiger partial charge in [-0.05, 0) is 24.1 Å². The summed E-state index contributed by atoms with van der Waals surface area (Å²) in [5.74, 6) is 0.164. The minimum atomic E-state index is -0.250. The quantitative estimate of drug-likeness (QED) is 0.557. The molecule has 1 aromatic carbocycles. The summed E-state index contributed by atoms with van der Waals surface area (Å²) in [6.45, 7) is 11.3. The molecular weight excluding hydrogens is 388 g/mol. The lowest BCUT2D eigenvalue weighted by atomic mass is 10.00. The van der Waals surface area contributed by atoms with Crippen molar-refractivity contribution in [1.82, 2.24) is 20.0 Å². The molecule has 3 rings (SSSR count). The van der Waals surface area contributed by atoms with E-state index in [0.29, 0.717) is 6.54 Å². The van der Waals surface area contributed by atoms with Crippen LogP contribution in [0.1, 0.15) is 18.1 Å². The van der Waals surface area contributed by atoms with Gasteiger partial charge in [-0.25, -0.2) is 0 Å². The number of benzene rings is 1. The van der Waals surface area contributed by atoms with Crippen molar-refractivity contribution >= 4 is 18.9 Å². The van der Waals surface area contributed by atoms with E-state index in [0.717, 1.165) is 65.3 Å². The van der Waals surface area contributed by atoms with Crippen molar-refractivity contribution in [2.75, 3.05) is 58.9 Å². The molecule has 0 spiro atoms. The Morgan fingerprint density at radius 1 is 0.967 bits per heavy atom. The van der Waals surface area contributed by atoms with Gasteiger partial charge in [0.2, 0.25) is 5.91 Å². The molecule has 1 saturated heterocycles. The van der Waals surface area contributed by atoms with Gasteiger partial charge in [-0.1, -0.05) is 31.2 Å². The highest BCUT2D eigenvalue weighted by Gasteiger charge is 2.18. The molecule has 1 amide bonds. The Morgan fingerprint density at radius 3 is 2.13 bits per heavy atom. The second-order valence-corrected chi connectivity index (χ2v) is 7.07. The minimum Gasteiger partial charge on any atom is -0.483 e. The largest absolute Gasteiger partial charge is 0.483 e. The molecule has 2 aliphatic rings. The first-order chi connectivity index (χ1) is 14.6. The number of carboxylic acid groups (broad SMARTS) is 2. The monoisotopic (exact) mass is 422 g/mol. The van der Waals surface area contributed by atoms with Gasteiger partial charge in [0.05, 0.1) is 6.54 Å². The van der Waals surface area contributed by atoms with Crippen LogP contribution in [0, 0.1) is 0 Å². The predicted molar refractivity (Wildman–Crippen MR) is 114 cm³/mol. The molecule has 0 bridgehead atoms. The lowest BCUT2D eigenvalue weighted by molar-refractivity contribution is -0.123. The normalized spacial score (nSPS) is 16.7. The van der Waals surface area contributed by atoms with Gasteiger partial charge < -0.3 is 20.4 Å². The van der Waals surface area contributed by atoms with E-state index in [1.54, 1.807) is 0 Å². The van der Waals surface area contributed by atoms with Crippen molar-refractivity contribution in [1.29, 1.82) is 0 Å². The van der Waals surface area contributed by atoms with Gasteiger partial charge in [0, 0.05) is 52.4 Å². The van der Waals surface area contributed by atoms with E-state index < -0.39 is 0 Å². The summed E-state index contributed by atoms with van der Waals surface area (Å²) >= 11 is 0. The Kier molecular flexibility index (Phi) is 13.1. The molecule has 1 fully saturated rings. The molecule has 0 radical (unpaired) electrons. The number of hydrogen-bond donors (Lipinski definition) is 3. The van der Waals surface area contributed by atoms with Crippen molar-refractivity contribution in [3.8, 4) is 0 Å². The van der Waals surface area contributed by atoms with Crippen molar-refractivity contribution in [2.24, 2.45) is 0 Å². The first kappa shape index (κ1) is 25.5. The van der Waals surface area contributed by atoms with Gasteiger partial charge in [-0.15, -0.1) is 0 Å². The molecule has 9 nitrogen and oxygen atoms in total. The van der Waals surface area contributed by atoms with Gasteiger partial charge >= 0.3 is 0 Å². The molecular formula is C21H34N4O5. The molecule has 0 aromatic heterocycles. The fraction of sp³-hybridized carbons (Fsp3) is 0.571. The molecule has 1 aromatic rings. The number of nitrogens with zero attached hydrogens (tertiary/aromatic N) is 3. The summed E-state index contributed by atoms with van der Waals surface area (Å²) in [5.41, 5.74) is 2.91. The molecule has 30 heavy (non-hydrogen) atoms. The van der Waals surface area contributed by atoms with Crippen LogP contribution in [0.25, 0.3) is 0 Å². The molecule has 9 heteroatoms. The van der Waals surface area contributed by atoms with Gasteiger partial charge in [0.15, 0.2) is 0 Å². The lowest BCUT2D eigenvalue weighted by Crippen LogP contribution is -2.49. The third-order valence-corrected chi connectivity index (χ3v) is 5.24. The van der Waals surface area contributed by atoms with Crippen molar-refractivity contribution < 1.29 is 24.6 Å². The molecule has 3 N–H and O–H groups in total. The topological polar surface area (TPSA) is 113 Å². The Morgan fingerprint density at radius 2 is 1.53 bits per heavy atom. The van der Waals surface area contributed by atoms with Gasteiger partial charge in [-0.2, -0.15) is 0 Å². The van der Waals surface area contributed by atoms with Crippen LogP contribution in [0.3, 0.4) is 0 Å². The summed E-state index contributed by atoms with van der Waals surface area (Å²) in [6.07, 6.45) is 1.12. The highest BCUT2D eigenvalue weighted by Crippen LogP contribution is 2.17. The van der Waals surface area contributed by atoms with Crippen LogP contribution in [-0.4, -0.2) is 103 Å². The van der Waals surface area contributed by atoms with Crippen molar-refractivity contribution in [2.45, 2.75) is 19.9 Å². The van der Waals surface area contributed by atoms with Crippen LogP contribution < -0.4 is 5.32 Å². The van der Waals surface area contributed by atoms with Crippen LogP contribution in [0.2, 0.25) is 0 Å². The van der Waals surface area contributed by atoms with E-state index >= 15 is 0 Å². The summed E-state index contributed by atoms with van der Waals surface area (Å²) in [4.78, 5) is 36.0. The number of likely N-dealkylation sites (N-methyl/N-ethyl adjacent to an activating group) is 1. The fourth-order valence-corrected chi connectivity index (χ4v) is 3.62. The molecule has 0 saturated carbocycles. The zero-order valence-electron chi connectivity index (χ0n) is 17.7. The van der Waals surface area contributed by atoms with Crippen molar-refractivity contribution in [3.05, 3.63) is 35.4 Å². The number of piperazine rings is 1. The highest BCUT2D eigenvalue weighted by molar-refractivity contribution is 5.78. The van der Waals surface area contributed by atoms with Crippen LogP contribution >= 0.6 is 0 Å². The second-order valence-electron chi connectivity index (χ2n) is 7.07. The second kappa shape index (κ2) is 15.4. The van der Waals surface area contributed by atoms with Crippen LogP contribution in [0.4, 0.5) is 0 Å². The summed E-state index contributed by atoms with van der Waals surface area (Å²) in [6, 6.07) is 8.68. The number of amides is 1. The number of fused-ring (bicyclic) bond motifs is 1. The molecule has 168 valence electrons. The van der Waals surface area contributed by atoms with E-state index in [-0.39, 0.29) is 18.9 Å². The first-order valence-corrected chi connectivity index (χ1v) is 10.2. The summed E-state index contributed by atoms with van der Waals surface area (Å²) in [7, 11) is 0. The molecule has 0 atom stereocenters. The fourth-order valence-electron chi connectivity index (χ4n) is 3.62. The molecule has 2 heterocycles. The minimum absolute atomic E-state index is 0.164. The maximum absolute atomic E-state index is 12.1. The SMILES string of the molecule is CCN1CCN(CC(=O)NCCN2CCc3ccccc3C2)CC1.O=CO.O=CO. The predicted octanol–water partition coefficient (Wildman–Crippen LogP) is 0.200. The van der Waals surface area contributed by atoms with Crippen LogP contribution in [0.5, 0.6) is 0 Å². The number of carbonyl (C=O) groups excluding carboxylic acids is 1. The third kappa shape index (κ3) is 9.82. The summed E-state index contributed by atoms with van der Waals surface area (Å²) in [5, 5.41) is 16.9. The average Bonchev–Trinajstić information content (AvgIpc) is 2.75. The Bertz CT molecular complexity index is 630. The number of carbonyl (C=O) groups is 3. The number of nitrogens with one attached hydrogen (secondary N) is 1. The smallest absolute Gasteiger partial charge is 0.290 e. The first-order valence-electron chi connectivity index (χ1n) is 10.2. The van der Waals surface area contributed by atoms with Gasteiger partial charge in [-0.3, -0.25) is 24.2 Å². The molecule has 0 aliphatic carbocycles. The maximum atomic E-state index is 12.1. The van der Waals surface area contributed by atoms with Crippen LogP contribution in [0.15, 0.2) is 24.3 Å². The Balaban J connectivity index is 0.000000672. The lowest BCUT2D eigenvalue weighted by Gasteiger charge is -2.33. The summed E-state index contributed by atoms with van der Waals surface area (Å²) < 4.78 is 0. The van der Waals surface area contributed by atoms with Gasteiger partial charge in [0.25, 0.3) is 12.9 Å².